The van der Waals surface area contributed by atoms with Crippen molar-refractivity contribution in [2.45, 2.75) is 51.0 Å². The van der Waals surface area contributed by atoms with Crippen LogP contribution < -0.4 is 0 Å². The lowest BCUT2D eigenvalue weighted by atomic mass is 10.3. The SMILES string of the molecule is CCOC(=O)CC(SSC(CC(=O)OCC)C(=O)OCC)C(=O)OCC. The van der Waals surface area contributed by atoms with E-state index in [0.29, 0.717) is 0 Å². The Morgan fingerprint density at radius 1 is 0.615 bits per heavy atom. The van der Waals surface area contributed by atoms with Crippen molar-refractivity contribution in [2.75, 3.05) is 26.4 Å². The molecule has 0 spiro atoms. The molecule has 0 N–H and O–H groups in total. The highest BCUT2D eigenvalue weighted by atomic mass is 33.1. The summed E-state index contributed by atoms with van der Waals surface area (Å²) in [6.45, 7) is 7.34. The summed E-state index contributed by atoms with van der Waals surface area (Å²) >= 11 is 0. The average molecular weight is 411 g/mol. The molecule has 0 rings (SSSR count). The fraction of sp³-hybridized carbons (Fsp3) is 0.750. The third kappa shape index (κ3) is 10.5. The normalized spacial score (nSPS) is 12.6. The molecule has 2 unspecified atom stereocenters. The maximum Gasteiger partial charge on any atom is 0.320 e. The maximum atomic E-state index is 12.0. The summed E-state index contributed by atoms with van der Waals surface area (Å²) in [7, 11) is 1.96. The van der Waals surface area contributed by atoms with Crippen LogP contribution in [-0.2, 0) is 38.1 Å². The Morgan fingerprint density at radius 2 is 0.923 bits per heavy atom. The first kappa shape index (κ1) is 24.6. The zero-order chi connectivity index (χ0) is 19.9. The minimum Gasteiger partial charge on any atom is -0.466 e. The zero-order valence-electron chi connectivity index (χ0n) is 15.5. The number of esters is 4. The van der Waals surface area contributed by atoms with Crippen molar-refractivity contribution in [3.8, 4) is 0 Å². The first-order valence-electron chi connectivity index (χ1n) is 8.36. The predicted octanol–water partition coefficient (Wildman–Crippen LogP) is 2.14. The molecule has 0 aliphatic carbocycles. The van der Waals surface area contributed by atoms with E-state index in [9.17, 15) is 19.2 Å². The van der Waals surface area contributed by atoms with Gasteiger partial charge in [0.15, 0.2) is 0 Å². The monoisotopic (exact) mass is 410 g/mol. The summed E-state index contributed by atoms with van der Waals surface area (Å²) < 4.78 is 19.6. The van der Waals surface area contributed by atoms with E-state index in [0.717, 1.165) is 21.6 Å². The van der Waals surface area contributed by atoms with Crippen molar-refractivity contribution in [1.29, 1.82) is 0 Å². The van der Waals surface area contributed by atoms with E-state index < -0.39 is 34.4 Å². The summed E-state index contributed by atoms with van der Waals surface area (Å²) in [6.07, 6.45) is -0.390. The van der Waals surface area contributed by atoms with Crippen LogP contribution in [0, 0.1) is 0 Å². The summed E-state index contributed by atoms with van der Waals surface area (Å²) in [5.74, 6) is -2.26. The molecule has 0 saturated heterocycles. The standard InChI is InChI=1S/C16H26O8S2/c1-5-21-13(17)9-11(15(19)23-7-3)25-26-12(16(20)24-8-4)10-14(18)22-6-2/h11-12H,5-10H2,1-4H3. The summed E-state index contributed by atoms with van der Waals surface area (Å²) in [5.41, 5.74) is 0. The Kier molecular flexibility index (Phi) is 13.9. The van der Waals surface area contributed by atoms with Gasteiger partial charge < -0.3 is 18.9 Å². The first-order valence-corrected chi connectivity index (χ1v) is 10.6. The van der Waals surface area contributed by atoms with Gasteiger partial charge in [-0.25, -0.2) is 0 Å². The van der Waals surface area contributed by atoms with Crippen LogP contribution in [0.3, 0.4) is 0 Å². The third-order valence-corrected chi connectivity index (χ3v) is 5.72. The molecule has 10 heteroatoms. The molecule has 0 saturated carbocycles. The third-order valence-electron chi connectivity index (χ3n) is 2.70. The fourth-order valence-electron chi connectivity index (χ4n) is 1.66. The number of ether oxygens (including phenoxy) is 4. The Hall–Kier alpha value is -1.42. The van der Waals surface area contributed by atoms with Crippen molar-refractivity contribution in [3.63, 3.8) is 0 Å². The Labute approximate surface area is 161 Å². The molecule has 0 aromatic carbocycles. The fourth-order valence-corrected chi connectivity index (χ4v) is 4.31. The van der Waals surface area contributed by atoms with Crippen LogP contribution >= 0.6 is 21.6 Å². The molecule has 0 bridgehead atoms. The molecule has 0 aromatic heterocycles. The zero-order valence-corrected chi connectivity index (χ0v) is 17.1. The molecular formula is C16H26O8S2. The highest BCUT2D eigenvalue weighted by molar-refractivity contribution is 8.77. The number of hydrogen-bond donors (Lipinski definition) is 0. The van der Waals surface area contributed by atoms with E-state index in [1.54, 1.807) is 27.7 Å². The summed E-state index contributed by atoms with van der Waals surface area (Å²) in [4.78, 5) is 47.5. The predicted molar refractivity (Wildman–Crippen MR) is 98.5 cm³/mol. The molecule has 0 fully saturated rings. The van der Waals surface area contributed by atoms with E-state index in [2.05, 4.69) is 0 Å². The van der Waals surface area contributed by atoms with Gasteiger partial charge >= 0.3 is 23.9 Å². The smallest absolute Gasteiger partial charge is 0.320 e. The minimum atomic E-state index is -0.863. The second-order valence-electron chi connectivity index (χ2n) is 4.69. The van der Waals surface area contributed by atoms with E-state index in [4.69, 9.17) is 18.9 Å². The molecule has 0 amide bonds. The highest BCUT2D eigenvalue weighted by Gasteiger charge is 2.30. The molecule has 8 nitrogen and oxygen atoms in total. The van der Waals surface area contributed by atoms with Gasteiger partial charge in [-0.05, 0) is 27.7 Å². The van der Waals surface area contributed by atoms with Crippen molar-refractivity contribution in [3.05, 3.63) is 0 Å². The van der Waals surface area contributed by atoms with Crippen LogP contribution in [0.4, 0.5) is 0 Å². The number of carbonyl (C=O) groups excluding carboxylic acids is 4. The van der Waals surface area contributed by atoms with Crippen LogP contribution in [0.2, 0.25) is 0 Å². The number of hydrogen-bond acceptors (Lipinski definition) is 10. The Morgan fingerprint density at radius 3 is 1.19 bits per heavy atom. The molecule has 0 radical (unpaired) electrons. The summed E-state index contributed by atoms with van der Waals surface area (Å²) in [5, 5.41) is -1.73. The van der Waals surface area contributed by atoms with Crippen LogP contribution in [0.5, 0.6) is 0 Å². The Balaban J connectivity index is 4.98. The quantitative estimate of drug-likeness (QED) is 0.255. The molecular weight excluding hydrogens is 384 g/mol. The molecule has 0 heterocycles. The first-order chi connectivity index (χ1) is 12.4. The van der Waals surface area contributed by atoms with E-state index in [-0.39, 0.29) is 39.3 Å². The number of rotatable bonds is 13. The second-order valence-corrected chi connectivity index (χ2v) is 7.37. The lowest BCUT2D eigenvalue weighted by Gasteiger charge is -2.18. The van der Waals surface area contributed by atoms with Crippen molar-refractivity contribution in [1.82, 2.24) is 0 Å². The van der Waals surface area contributed by atoms with E-state index in [1.165, 1.54) is 0 Å². The molecule has 2 atom stereocenters. The minimum absolute atomic E-state index is 0.160. The molecule has 26 heavy (non-hydrogen) atoms. The maximum absolute atomic E-state index is 12.0. The van der Waals surface area contributed by atoms with Crippen LogP contribution in [0.1, 0.15) is 40.5 Å². The molecule has 0 aliphatic rings. The van der Waals surface area contributed by atoms with Crippen molar-refractivity contribution in [2.24, 2.45) is 0 Å². The van der Waals surface area contributed by atoms with Gasteiger partial charge in [-0.3, -0.25) is 19.2 Å². The highest BCUT2D eigenvalue weighted by Crippen LogP contribution is 2.36. The largest absolute Gasteiger partial charge is 0.466 e. The van der Waals surface area contributed by atoms with Crippen molar-refractivity contribution >= 4 is 45.5 Å². The molecule has 0 aliphatic heterocycles. The second kappa shape index (κ2) is 14.7. The topological polar surface area (TPSA) is 105 Å². The van der Waals surface area contributed by atoms with E-state index >= 15 is 0 Å². The van der Waals surface area contributed by atoms with Gasteiger partial charge in [-0.1, -0.05) is 21.6 Å². The van der Waals surface area contributed by atoms with Gasteiger partial charge in [-0.2, -0.15) is 0 Å². The van der Waals surface area contributed by atoms with Gasteiger partial charge in [0.2, 0.25) is 0 Å². The van der Waals surface area contributed by atoms with Gasteiger partial charge in [0.25, 0.3) is 0 Å². The number of carbonyl (C=O) groups is 4. The van der Waals surface area contributed by atoms with Gasteiger partial charge in [0.05, 0.1) is 39.3 Å². The van der Waals surface area contributed by atoms with Gasteiger partial charge in [0, 0.05) is 0 Å². The average Bonchev–Trinajstić information content (AvgIpc) is 2.58. The van der Waals surface area contributed by atoms with Crippen LogP contribution in [0.15, 0.2) is 0 Å². The Bertz CT molecular complexity index is 427. The molecule has 0 aromatic rings. The van der Waals surface area contributed by atoms with Gasteiger partial charge in [0.1, 0.15) is 10.5 Å². The van der Waals surface area contributed by atoms with Gasteiger partial charge in [-0.15, -0.1) is 0 Å². The van der Waals surface area contributed by atoms with E-state index in [1.807, 2.05) is 0 Å². The van der Waals surface area contributed by atoms with Crippen LogP contribution in [0.25, 0.3) is 0 Å². The summed E-state index contributed by atoms with van der Waals surface area (Å²) in [6, 6.07) is 0. The lowest BCUT2D eigenvalue weighted by Crippen LogP contribution is -2.27. The van der Waals surface area contributed by atoms with Crippen LogP contribution in [-0.4, -0.2) is 60.8 Å². The lowest BCUT2D eigenvalue weighted by molar-refractivity contribution is -0.149. The van der Waals surface area contributed by atoms with Crippen molar-refractivity contribution < 1.29 is 38.1 Å². The molecule has 150 valence electrons.